The summed E-state index contributed by atoms with van der Waals surface area (Å²) < 4.78 is 40.1. The first-order valence-corrected chi connectivity index (χ1v) is 6.84. The van der Waals surface area contributed by atoms with Crippen molar-refractivity contribution in [3.8, 4) is 5.75 Å². The van der Waals surface area contributed by atoms with E-state index < -0.39 is 6.36 Å². The summed E-state index contributed by atoms with van der Waals surface area (Å²) >= 11 is 1.89. The number of benzene rings is 1. The largest absolute Gasteiger partial charge is 0.573 e. The molecule has 1 unspecified atom stereocenters. The Hall–Kier alpha value is -0.880. The summed E-state index contributed by atoms with van der Waals surface area (Å²) in [5, 5.41) is 3.33. The molecular weight excluding hydrogens is 263 g/mol. The normalized spacial score (nSPS) is 20.1. The third-order valence-corrected chi connectivity index (χ3v) is 3.82. The molecule has 100 valence electrons. The number of rotatable bonds is 4. The number of alkyl halides is 3. The quantitative estimate of drug-likeness (QED) is 0.913. The summed E-state index contributed by atoms with van der Waals surface area (Å²) in [6.07, 6.45) is -3.52. The summed E-state index contributed by atoms with van der Waals surface area (Å²) in [7, 11) is 0. The highest BCUT2D eigenvalue weighted by Gasteiger charge is 2.31. The summed E-state index contributed by atoms with van der Waals surface area (Å²) in [6.45, 7) is 0.570. The third-order valence-electron chi connectivity index (χ3n) is 2.66. The minimum absolute atomic E-state index is 0.164. The fraction of sp³-hybridized carbons (Fsp3) is 0.500. The lowest BCUT2D eigenvalue weighted by Gasteiger charge is -2.13. The average Bonchev–Trinajstić information content (AvgIpc) is 2.77. The van der Waals surface area contributed by atoms with Gasteiger partial charge < -0.3 is 10.1 Å². The maximum absolute atomic E-state index is 12.1. The van der Waals surface area contributed by atoms with Crippen molar-refractivity contribution in [1.29, 1.82) is 0 Å². The van der Waals surface area contributed by atoms with Gasteiger partial charge in [-0.1, -0.05) is 12.1 Å². The van der Waals surface area contributed by atoms with Crippen molar-refractivity contribution in [2.75, 3.05) is 11.5 Å². The Bertz CT molecular complexity index is 391. The van der Waals surface area contributed by atoms with Crippen LogP contribution in [0.3, 0.4) is 0 Å². The standard InChI is InChI=1S/C12H14F3NOS/c13-12(14,15)17-11-3-1-2-9(6-11)7-16-10-4-5-18-8-10/h1-3,6,10,16H,4-5,7-8H2. The predicted molar refractivity (Wildman–Crippen MR) is 65.7 cm³/mol. The van der Waals surface area contributed by atoms with E-state index in [1.165, 1.54) is 12.1 Å². The topological polar surface area (TPSA) is 21.3 Å². The summed E-state index contributed by atoms with van der Waals surface area (Å²) in [5.41, 5.74) is 0.800. The van der Waals surface area contributed by atoms with Crippen molar-refractivity contribution >= 4 is 11.8 Å². The first-order valence-electron chi connectivity index (χ1n) is 5.69. The molecule has 2 rings (SSSR count). The average molecular weight is 277 g/mol. The third kappa shape index (κ3) is 4.42. The molecule has 1 saturated heterocycles. The molecule has 1 aliphatic rings. The van der Waals surface area contributed by atoms with Crippen LogP contribution in [0.25, 0.3) is 0 Å². The van der Waals surface area contributed by atoms with Crippen LogP contribution in [0, 0.1) is 0 Å². The van der Waals surface area contributed by atoms with Crippen molar-refractivity contribution < 1.29 is 17.9 Å². The Morgan fingerprint density at radius 2 is 2.22 bits per heavy atom. The first kappa shape index (κ1) is 13.5. The van der Waals surface area contributed by atoms with Crippen LogP contribution < -0.4 is 10.1 Å². The molecule has 0 aromatic heterocycles. The SMILES string of the molecule is FC(F)(F)Oc1cccc(CNC2CCSC2)c1. The number of thioether (sulfide) groups is 1. The van der Waals surface area contributed by atoms with E-state index in [-0.39, 0.29) is 5.75 Å². The van der Waals surface area contributed by atoms with E-state index in [0.717, 1.165) is 23.5 Å². The van der Waals surface area contributed by atoms with Crippen LogP contribution in [0.15, 0.2) is 24.3 Å². The van der Waals surface area contributed by atoms with Gasteiger partial charge in [0.2, 0.25) is 0 Å². The van der Waals surface area contributed by atoms with E-state index >= 15 is 0 Å². The van der Waals surface area contributed by atoms with Gasteiger partial charge in [0.25, 0.3) is 0 Å². The molecule has 1 aliphatic heterocycles. The van der Waals surface area contributed by atoms with Gasteiger partial charge in [0.05, 0.1) is 0 Å². The molecule has 18 heavy (non-hydrogen) atoms. The predicted octanol–water partition coefficient (Wildman–Crippen LogP) is 3.18. The Morgan fingerprint density at radius 1 is 1.39 bits per heavy atom. The van der Waals surface area contributed by atoms with E-state index in [0.29, 0.717) is 12.6 Å². The van der Waals surface area contributed by atoms with Crippen molar-refractivity contribution in [3.63, 3.8) is 0 Å². The van der Waals surface area contributed by atoms with E-state index in [9.17, 15) is 13.2 Å². The van der Waals surface area contributed by atoms with Crippen LogP contribution in [0.4, 0.5) is 13.2 Å². The Balaban J connectivity index is 1.90. The van der Waals surface area contributed by atoms with Gasteiger partial charge in [0.15, 0.2) is 0 Å². The first-order chi connectivity index (χ1) is 8.53. The summed E-state index contributed by atoms with van der Waals surface area (Å²) in [4.78, 5) is 0. The minimum Gasteiger partial charge on any atom is -0.406 e. The van der Waals surface area contributed by atoms with Gasteiger partial charge in [0.1, 0.15) is 5.75 Å². The van der Waals surface area contributed by atoms with Gasteiger partial charge in [0, 0.05) is 18.3 Å². The molecule has 0 bridgehead atoms. The fourth-order valence-corrected chi connectivity index (χ4v) is 3.00. The minimum atomic E-state index is -4.63. The smallest absolute Gasteiger partial charge is 0.406 e. The molecule has 0 amide bonds. The van der Waals surface area contributed by atoms with Gasteiger partial charge in [-0.25, -0.2) is 0 Å². The molecule has 1 atom stereocenters. The number of hydrogen-bond donors (Lipinski definition) is 1. The fourth-order valence-electron chi connectivity index (χ4n) is 1.81. The molecule has 1 N–H and O–H groups in total. The molecule has 0 radical (unpaired) electrons. The Morgan fingerprint density at radius 3 is 2.89 bits per heavy atom. The second-order valence-corrected chi connectivity index (χ2v) is 5.29. The molecule has 1 aromatic carbocycles. The molecule has 0 spiro atoms. The van der Waals surface area contributed by atoms with Gasteiger partial charge in [-0.05, 0) is 29.9 Å². The summed E-state index contributed by atoms with van der Waals surface area (Å²) in [5.74, 6) is 2.05. The number of hydrogen-bond acceptors (Lipinski definition) is 3. The van der Waals surface area contributed by atoms with E-state index in [2.05, 4.69) is 10.1 Å². The van der Waals surface area contributed by atoms with Gasteiger partial charge in [-0.3, -0.25) is 0 Å². The highest BCUT2D eigenvalue weighted by atomic mass is 32.2. The maximum atomic E-state index is 12.1. The molecule has 0 saturated carbocycles. The lowest BCUT2D eigenvalue weighted by Crippen LogP contribution is -2.28. The van der Waals surface area contributed by atoms with Crippen molar-refractivity contribution in [2.45, 2.75) is 25.4 Å². The van der Waals surface area contributed by atoms with Crippen molar-refractivity contribution in [1.82, 2.24) is 5.32 Å². The number of nitrogens with one attached hydrogen (secondary N) is 1. The maximum Gasteiger partial charge on any atom is 0.573 e. The van der Waals surface area contributed by atoms with Crippen LogP contribution in [0.5, 0.6) is 5.75 Å². The Kier molecular flexibility index (Phi) is 4.40. The lowest BCUT2D eigenvalue weighted by atomic mass is 10.2. The zero-order chi connectivity index (χ0) is 13.0. The monoisotopic (exact) mass is 277 g/mol. The van der Waals surface area contributed by atoms with Gasteiger partial charge >= 0.3 is 6.36 Å². The second-order valence-electron chi connectivity index (χ2n) is 4.14. The molecule has 6 heteroatoms. The zero-order valence-corrected chi connectivity index (χ0v) is 10.5. The highest BCUT2D eigenvalue weighted by Crippen LogP contribution is 2.23. The van der Waals surface area contributed by atoms with Gasteiger partial charge in [-0.15, -0.1) is 13.2 Å². The van der Waals surface area contributed by atoms with Crippen LogP contribution in [-0.2, 0) is 6.54 Å². The number of halogens is 3. The molecule has 1 fully saturated rings. The van der Waals surface area contributed by atoms with Crippen molar-refractivity contribution in [3.05, 3.63) is 29.8 Å². The van der Waals surface area contributed by atoms with Crippen LogP contribution in [-0.4, -0.2) is 23.9 Å². The molecule has 2 nitrogen and oxygen atoms in total. The van der Waals surface area contributed by atoms with E-state index in [4.69, 9.17) is 0 Å². The summed E-state index contributed by atoms with van der Waals surface area (Å²) in [6, 6.07) is 6.55. The van der Waals surface area contributed by atoms with Crippen LogP contribution >= 0.6 is 11.8 Å². The van der Waals surface area contributed by atoms with E-state index in [1.54, 1.807) is 12.1 Å². The molecular formula is C12H14F3NOS. The molecule has 1 heterocycles. The Labute approximate surface area is 108 Å². The zero-order valence-electron chi connectivity index (χ0n) is 9.67. The second kappa shape index (κ2) is 5.84. The van der Waals surface area contributed by atoms with Crippen LogP contribution in [0.2, 0.25) is 0 Å². The highest BCUT2D eigenvalue weighted by molar-refractivity contribution is 7.99. The molecule has 0 aliphatic carbocycles. The number of ether oxygens (including phenoxy) is 1. The lowest BCUT2D eigenvalue weighted by molar-refractivity contribution is -0.274. The van der Waals surface area contributed by atoms with E-state index in [1.807, 2.05) is 11.8 Å². The van der Waals surface area contributed by atoms with Crippen molar-refractivity contribution in [2.24, 2.45) is 0 Å². The molecule has 1 aromatic rings. The van der Waals surface area contributed by atoms with Gasteiger partial charge in [-0.2, -0.15) is 11.8 Å². The van der Waals surface area contributed by atoms with Crippen LogP contribution in [0.1, 0.15) is 12.0 Å².